The molecule has 1 aromatic rings. The number of nitriles is 1. The third-order valence-corrected chi connectivity index (χ3v) is 3.16. The van der Waals surface area contributed by atoms with Crippen LogP contribution in [0.2, 0.25) is 0 Å². The zero-order valence-corrected chi connectivity index (χ0v) is 10.3. The zero-order chi connectivity index (χ0) is 13.1. The fourth-order valence-corrected chi connectivity index (χ4v) is 1.49. The van der Waals surface area contributed by atoms with Crippen molar-refractivity contribution in [1.82, 2.24) is 0 Å². The van der Waals surface area contributed by atoms with Gasteiger partial charge >= 0.3 is 0 Å². The maximum absolute atomic E-state index is 13.6. The third-order valence-electron chi connectivity index (χ3n) is 3.16. The van der Waals surface area contributed by atoms with Crippen LogP contribution < -0.4 is 5.32 Å². The van der Waals surface area contributed by atoms with Crippen LogP contribution in [0, 0.1) is 23.0 Å². The SMILES string of the molecule is CCC(C)(CC)Nc1c(F)cc(C#N)cc1F. The summed E-state index contributed by atoms with van der Waals surface area (Å²) in [5, 5.41) is 11.5. The van der Waals surface area contributed by atoms with E-state index in [1.807, 2.05) is 20.8 Å². The summed E-state index contributed by atoms with van der Waals surface area (Å²) in [6.07, 6.45) is 1.50. The Hall–Kier alpha value is -1.63. The van der Waals surface area contributed by atoms with Crippen LogP contribution in [0.1, 0.15) is 39.2 Å². The van der Waals surface area contributed by atoms with E-state index in [1.54, 1.807) is 6.07 Å². The van der Waals surface area contributed by atoms with Crippen molar-refractivity contribution in [2.45, 2.75) is 39.2 Å². The Morgan fingerprint density at radius 3 is 2.06 bits per heavy atom. The van der Waals surface area contributed by atoms with Gasteiger partial charge in [0.15, 0.2) is 11.6 Å². The minimum absolute atomic E-state index is 0.0137. The Balaban J connectivity index is 3.12. The molecule has 0 bridgehead atoms. The van der Waals surface area contributed by atoms with Gasteiger partial charge in [-0.25, -0.2) is 8.78 Å². The largest absolute Gasteiger partial charge is 0.375 e. The van der Waals surface area contributed by atoms with Crippen molar-refractivity contribution in [1.29, 1.82) is 5.26 Å². The molecule has 0 unspecified atom stereocenters. The summed E-state index contributed by atoms with van der Waals surface area (Å²) in [5.74, 6) is -1.45. The molecule has 0 saturated carbocycles. The lowest BCUT2D eigenvalue weighted by molar-refractivity contribution is 0.467. The molecule has 0 radical (unpaired) electrons. The van der Waals surface area contributed by atoms with Crippen molar-refractivity contribution in [2.24, 2.45) is 0 Å². The standard InChI is InChI=1S/C13H16F2N2/c1-4-13(3,5-2)17-12-10(14)6-9(8-16)7-11(12)15/h6-7,17H,4-5H2,1-3H3. The van der Waals surface area contributed by atoms with Crippen molar-refractivity contribution < 1.29 is 8.78 Å². The molecule has 0 spiro atoms. The highest BCUT2D eigenvalue weighted by molar-refractivity contribution is 5.51. The number of benzene rings is 1. The van der Waals surface area contributed by atoms with Gasteiger partial charge < -0.3 is 5.32 Å². The van der Waals surface area contributed by atoms with Gasteiger partial charge in [-0.1, -0.05) is 13.8 Å². The first-order chi connectivity index (χ1) is 7.95. The molecule has 1 aromatic carbocycles. The number of nitrogens with zero attached hydrogens (tertiary/aromatic N) is 1. The van der Waals surface area contributed by atoms with Gasteiger partial charge in [-0.3, -0.25) is 0 Å². The Morgan fingerprint density at radius 1 is 1.24 bits per heavy atom. The molecule has 0 aromatic heterocycles. The topological polar surface area (TPSA) is 35.8 Å². The molecule has 0 fully saturated rings. The van der Waals surface area contributed by atoms with Crippen LogP contribution in [-0.2, 0) is 0 Å². The van der Waals surface area contributed by atoms with Crippen LogP contribution in [0.3, 0.4) is 0 Å². The molecule has 0 aliphatic rings. The van der Waals surface area contributed by atoms with E-state index in [0.29, 0.717) is 0 Å². The van der Waals surface area contributed by atoms with E-state index in [9.17, 15) is 8.78 Å². The Bertz CT molecular complexity index is 422. The second-order valence-corrected chi connectivity index (χ2v) is 4.32. The average Bonchev–Trinajstić information content (AvgIpc) is 2.33. The fourth-order valence-electron chi connectivity index (χ4n) is 1.49. The maximum Gasteiger partial charge on any atom is 0.150 e. The summed E-state index contributed by atoms with van der Waals surface area (Å²) in [4.78, 5) is 0. The van der Waals surface area contributed by atoms with Gasteiger partial charge in [0.1, 0.15) is 5.69 Å². The number of anilines is 1. The molecule has 4 heteroatoms. The first-order valence-corrected chi connectivity index (χ1v) is 5.63. The molecule has 2 nitrogen and oxygen atoms in total. The summed E-state index contributed by atoms with van der Waals surface area (Å²) in [7, 11) is 0. The number of hydrogen-bond donors (Lipinski definition) is 1. The minimum atomic E-state index is -0.727. The van der Waals surface area contributed by atoms with Gasteiger partial charge in [-0.15, -0.1) is 0 Å². The molecular weight excluding hydrogens is 222 g/mol. The second kappa shape index (κ2) is 5.13. The number of hydrogen-bond acceptors (Lipinski definition) is 2. The van der Waals surface area contributed by atoms with Crippen LogP contribution in [0.15, 0.2) is 12.1 Å². The van der Waals surface area contributed by atoms with Gasteiger partial charge in [0.05, 0.1) is 11.6 Å². The highest BCUT2D eigenvalue weighted by Gasteiger charge is 2.23. The van der Waals surface area contributed by atoms with E-state index in [0.717, 1.165) is 25.0 Å². The molecular formula is C13H16F2N2. The molecule has 0 saturated heterocycles. The van der Waals surface area contributed by atoms with Gasteiger partial charge in [0.25, 0.3) is 0 Å². The number of halogens is 2. The quantitative estimate of drug-likeness (QED) is 0.865. The maximum atomic E-state index is 13.6. The first-order valence-electron chi connectivity index (χ1n) is 5.63. The molecule has 0 aliphatic carbocycles. The third kappa shape index (κ3) is 2.94. The monoisotopic (exact) mass is 238 g/mol. The summed E-state index contributed by atoms with van der Waals surface area (Å²) in [5.41, 5.74) is -0.522. The smallest absolute Gasteiger partial charge is 0.150 e. The normalized spacial score (nSPS) is 11.1. The fraction of sp³-hybridized carbons (Fsp3) is 0.462. The van der Waals surface area contributed by atoms with E-state index in [2.05, 4.69) is 5.32 Å². The predicted molar refractivity (Wildman–Crippen MR) is 63.7 cm³/mol. The van der Waals surface area contributed by atoms with Crippen molar-refractivity contribution in [3.8, 4) is 6.07 Å². The Kier molecular flexibility index (Phi) is 4.06. The van der Waals surface area contributed by atoms with E-state index >= 15 is 0 Å². The van der Waals surface area contributed by atoms with E-state index in [1.165, 1.54) is 0 Å². The summed E-state index contributed by atoms with van der Waals surface area (Å²) in [6, 6.07) is 3.80. The van der Waals surface area contributed by atoms with Gasteiger partial charge in [-0.05, 0) is 31.9 Å². The van der Waals surface area contributed by atoms with Crippen molar-refractivity contribution in [2.75, 3.05) is 5.32 Å². The highest BCUT2D eigenvalue weighted by atomic mass is 19.1. The van der Waals surface area contributed by atoms with Gasteiger partial charge in [0, 0.05) is 5.54 Å². The van der Waals surface area contributed by atoms with E-state index in [4.69, 9.17) is 5.26 Å². The van der Waals surface area contributed by atoms with Crippen molar-refractivity contribution in [3.05, 3.63) is 29.3 Å². The highest BCUT2D eigenvalue weighted by Crippen LogP contribution is 2.27. The Labute approximate surface area is 100 Å². The van der Waals surface area contributed by atoms with Gasteiger partial charge in [-0.2, -0.15) is 5.26 Å². The first kappa shape index (κ1) is 13.4. The molecule has 0 aliphatic heterocycles. The molecule has 1 rings (SSSR count). The second-order valence-electron chi connectivity index (χ2n) is 4.32. The average molecular weight is 238 g/mol. The van der Waals surface area contributed by atoms with Crippen molar-refractivity contribution >= 4 is 5.69 Å². The molecule has 0 amide bonds. The molecule has 17 heavy (non-hydrogen) atoms. The number of rotatable bonds is 4. The molecule has 92 valence electrons. The van der Waals surface area contributed by atoms with Crippen molar-refractivity contribution in [3.63, 3.8) is 0 Å². The lowest BCUT2D eigenvalue weighted by Gasteiger charge is -2.30. The summed E-state index contributed by atoms with van der Waals surface area (Å²) in [6.45, 7) is 5.82. The summed E-state index contributed by atoms with van der Waals surface area (Å²) < 4.78 is 27.3. The van der Waals surface area contributed by atoms with Crippen LogP contribution >= 0.6 is 0 Å². The Morgan fingerprint density at radius 2 is 1.71 bits per heavy atom. The zero-order valence-electron chi connectivity index (χ0n) is 10.3. The summed E-state index contributed by atoms with van der Waals surface area (Å²) >= 11 is 0. The molecule has 0 heterocycles. The van der Waals surface area contributed by atoms with Crippen LogP contribution in [0.5, 0.6) is 0 Å². The van der Waals surface area contributed by atoms with E-state index in [-0.39, 0.29) is 16.8 Å². The van der Waals surface area contributed by atoms with Crippen LogP contribution in [-0.4, -0.2) is 5.54 Å². The van der Waals surface area contributed by atoms with E-state index < -0.39 is 11.6 Å². The predicted octanol–water partition coefficient (Wildman–Crippen LogP) is 3.83. The van der Waals surface area contributed by atoms with Crippen LogP contribution in [0.25, 0.3) is 0 Å². The molecule has 1 N–H and O–H groups in total. The number of nitrogens with one attached hydrogen (secondary N) is 1. The molecule has 0 atom stereocenters. The van der Waals surface area contributed by atoms with Crippen LogP contribution in [0.4, 0.5) is 14.5 Å². The minimum Gasteiger partial charge on any atom is -0.375 e. The lowest BCUT2D eigenvalue weighted by atomic mass is 9.95. The lowest BCUT2D eigenvalue weighted by Crippen LogP contribution is -2.33. The van der Waals surface area contributed by atoms with Gasteiger partial charge in [0.2, 0.25) is 0 Å².